The first-order chi connectivity index (χ1) is 14.2. The first kappa shape index (κ1) is 20.9. The molecule has 3 aliphatic rings. The number of rotatable bonds is 6. The van der Waals surface area contributed by atoms with Gasteiger partial charge in [0.05, 0.1) is 0 Å². The van der Waals surface area contributed by atoms with Gasteiger partial charge in [0.15, 0.2) is 0 Å². The van der Waals surface area contributed by atoms with Gasteiger partial charge in [-0.15, -0.1) is 0 Å². The van der Waals surface area contributed by atoms with Gasteiger partial charge in [-0.05, 0) is 67.9 Å². The van der Waals surface area contributed by atoms with E-state index in [0.29, 0.717) is 17.8 Å². The molecule has 5 atom stereocenters. The Morgan fingerprint density at radius 2 is 1.87 bits per heavy atom. The Morgan fingerprint density at radius 3 is 2.43 bits per heavy atom. The summed E-state index contributed by atoms with van der Waals surface area (Å²) >= 11 is 0. The van der Waals surface area contributed by atoms with Crippen molar-refractivity contribution in [2.75, 3.05) is 6.54 Å². The molecular weight excluding hydrogens is 378 g/mol. The minimum atomic E-state index is -1.15. The van der Waals surface area contributed by atoms with Crippen molar-refractivity contribution in [2.24, 2.45) is 17.8 Å². The second-order valence-electron chi connectivity index (χ2n) is 9.92. The molecule has 1 aromatic rings. The summed E-state index contributed by atoms with van der Waals surface area (Å²) in [6.45, 7) is 7.73. The molecule has 162 valence electrons. The molecule has 3 fully saturated rings. The zero-order valence-electron chi connectivity index (χ0n) is 18.4. The smallest absolute Gasteiger partial charge is 0.325 e. The molecule has 2 bridgehead atoms. The molecule has 4 rings (SSSR count). The van der Waals surface area contributed by atoms with Crippen molar-refractivity contribution in [3.63, 3.8) is 0 Å². The number of hydrogen-bond donors (Lipinski definition) is 2. The van der Waals surface area contributed by atoms with Gasteiger partial charge in [0.1, 0.15) is 12.1 Å². The Labute approximate surface area is 178 Å². The lowest BCUT2D eigenvalue weighted by molar-refractivity contribution is -0.135. The van der Waals surface area contributed by atoms with E-state index in [9.17, 15) is 14.4 Å². The van der Waals surface area contributed by atoms with E-state index in [-0.39, 0.29) is 24.4 Å². The van der Waals surface area contributed by atoms with Crippen molar-refractivity contribution in [1.82, 2.24) is 15.5 Å². The van der Waals surface area contributed by atoms with Crippen LogP contribution < -0.4 is 10.6 Å². The van der Waals surface area contributed by atoms with Crippen LogP contribution in [-0.2, 0) is 15.1 Å². The van der Waals surface area contributed by atoms with Crippen LogP contribution in [0.4, 0.5) is 4.79 Å². The van der Waals surface area contributed by atoms with E-state index in [1.165, 1.54) is 31.2 Å². The highest BCUT2D eigenvalue weighted by Gasteiger charge is 2.49. The lowest BCUT2D eigenvalue weighted by atomic mass is 9.84. The summed E-state index contributed by atoms with van der Waals surface area (Å²) in [6.07, 6.45) is 5.04. The van der Waals surface area contributed by atoms with E-state index in [1.54, 1.807) is 6.92 Å². The molecule has 0 radical (unpaired) electrons. The number of carbonyl (C=O) groups is 3. The third-order valence-electron chi connectivity index (χ3n) is 7.56. The second kappa shape index (κ2) is 7.71. The number of amides is 4. The number of carbonyl (C=O) groups excluding carboxylic acids is 3. The van der Waals surface area contributed by atoms with Crippen LogP contribution in [0, 0.1) is 17.8 Å². The first-order valence-corrected chi connectivity index (χ1v) is 11.2. The molecule has 2 saturated carbocycles. The van der Waals surface area contributed by atoms with E-state index in [1.807, 2.05) is 24.3 Å². The minimum Gasteiger partial charge on any atom is -0.352 e. The van der Waals surface area contributed by atoms with Crippen LogP contribution >= 0.6 is 0 Å². The molecule has 30 heavy (non-hydrogen) atoms. The lowest BCUT2D eigenvalue weighted by Crippen LogP contribution is -2.47. The molecule has 1 aliphatic heterocycles. The second-order valence-corrected chi connectivity index (χ2v) is 9.92. The number of fused-ring (bicyclic) bond motifs is 2. The van der Waals surface area contributed by atoms with Crippen molar-refractivity contribution >= 4 is 17.8 Å². The van der Waals surface area contributed by atoms with Crippen LogP contribution in [0.3, 0.4) is 0 Å². The van der Waals surface area contributed by atoms with Crippen LogP contribution in [0.2, 0.25) is 0 Å². The Morgan fingerprint density at radius 1 is 1.17 bits per heavy atom. The molecule has 2 aliphatic carbocycles. The molecular formula is C24H33N3O3. The SMILES string of the molecule is CC(C)c1ccc(C2(C)NC(=O)N(CC(=O)NC(C)C3CC4CCC3C4)C2=O)cc1. The number of hydrogen-bond acceptors (Lipinski definition) is 3. The van der Waals surface area contributed by atoms with Crippen LogP contribution in [-0.4, -0.2) is 35.3 Å². The van der Waals surface area contributed by atoms with E-state index < -0.39 is 11.6 Å². The number of nitrogens with one attached hydrogen (secondary N) is 2. The molecule has 6 nitrogen and oxygen atoms in total. The van der Waals surface area contributed by atoms with Crippen LogP contribution in [0.5, 0.6) is 0 Å². The summed E-state index contributed by atoms with van der Waals surface area (Å²) in [6, 6.07) is 7.29. The number of urea groups is 1. The van der Waals surface area contributed by atoms with Crippen LogP contribution in [0.15, 0.2) is 24.3 Å². The molecule has 0 aromatic heterocycles. The Kier molecular flexibility index (Phi) is 5.37. The van der Waals surface area contributed by atoms with E-state index in [4.69, 9.17) is 0 Å². The Bertz CT molecular complexity index is 850. The monoisotopic (exact) mass is 411 g/mol. The van der Waals surface area contributed by atoms with Gasteiger partial charge >= 0.3 is 6.03 Å². The molecule has 2 N–H and O–H groups in total. The van der Waals surface area contributed by atoms with E-state index >= 15 is 0 Å². The fourth-order valence-electron chi connectivity index (χ4n) is 5.69. The average Bonchev–Trinajstić information content (AvgIpc) is 3.39. The van der Waals surface area contributed by atoms with Gasteiger partial charge < -0.3 is 10.6 Å². The molecule has 5 unspecified atom stereocenters. The lowest BCUT2D eigenvalue weighted by Gasteiger charge is -2.29. The number of benzene rings is 1. The fourth-order valence-corrected chi connectivity index (χ4v) is 5.69. The van der Waals surface area contributed by atoms with Gasteiger partial charge in [-0.2, -0.15) is 0 Å². The normalized spacial score (nSPS) is 31.4. The van der Waals surface area contributed by atoms with Gasteiger partial charge in [-0.3, -0.25) is 14.5 Å². The third-order valence-corrected chi connectivity index (χ3v) is 7.56. The summed E-state index contributed by atoms with van der Waals surface area (Å²) in [7, 11) is 0. The maximum absolute atomic E-state index is 13.1. The van der Waals surface area contributed by atoms with Crippen molar-refractivity contribution in [3.8, 4) is 0 Å². The van der Waals surface area contributed by atoms with Gasteiger partial charge in [-0.1, -0.05) is 44.5 Å². The Balaban J connectivity index is 1.40. The average molecular weight is 412 g/mol. The summed E-state index contributed by atoms with van der Waals surface area (Å²) < 4.78 is 0. The quantitative estimate of drug-likeness (QED) is 0.703. The van der Waals surface area contributed by atoms with Crippen molar-refractivity contribution in [2.45, 2.75) is 70.9 Å². The molecule has 1 aromatic carbocycles. The number of nitrogens with zero attached hydrogens (tertiary/aromatic N) is 1. The summed E-state index contributed by atoms with van der Waals surface area (Å²) in [5.74, 6) is 1.77. The summed E-state index contributed by atoms with van der Waals surface area (Å²) in [4.78, 5) is 39.3. The third kappa shape index (κ3) is 3.61. The molecule has 4 amide bonds. The topological polar surface area (TPSA) is 78.5 Å². The van der Waals surface area contributed by atoms with Crippen LogP contribution in [0.1, 0.15) is 70.4 Å². The predicted octanol–water partition coefficient (Wildman–Crippen LogP) is 3.52. The largest absolute Gasteiger partial charge is 0.352 e. The highest BCUT2D eigenvalue weighted by Crippen LogP contribution is 2.49. The summed E-state index contributed by atoms with van der Waals surface area (Å²) in [5, 5.41) is 5.84. The minimum absolute atomic E-state index is 0.0727. The highest BCUT2D eigenvalue weighted by molar-refractivity contribution is 6.09. The zero-order chi connectivity index (χ0) is 21.6. The molecule has 0 spiro atoms. The maximum atomic E-state index is 13.1. The van der Waals surface area contributed by atoms with Crippen LogP contribution in [0.25, 0.3) is 0 Å². The highest BCUT2D eigenvalue weighted by atomic mass is 16.2. The predicted molar refractivity (Wildman–Crippen MR) is 115 cm³/mol. The zero-order valence-corrected chi connectivity index (χ0v) is 18.4. The van der Waals surface area contributed by atoms with Gasteiger partial charge in [0.2, 0.25) is 5.91 Å². The maximum Gasteiger partial charge on any atom is 0.325 e. The van der Waals surface area contributed by atoms with E-state index in [0.717, 1.165) is 16.4 Å². The molecule has 1 heterocycles. The first-order valence-electron chi connectivity index (χ1n) is 11.2. The Hall–Kier alpha value is -2.37. The van der Waals surface area contributed by atoms with Gasteiger partial charge in [0.25, 0.3) is 5.91 Å². The van der Waals surface area contributed by atoms with E-state index in [2.05, 4.69) is 31.4 Å². The number of imide groups is 1. The summed E-state index contributed by atoms with van der Waals surface area (Å²) in [5.41, 5.74) is 0.747. The van der Waals surface area contributed by atoms with Gasteiger partial charge in [-0.25, -0.2) is 4.79 Å². The van der Waals surface area contributed by atoms with Crippen molar-refractivity contribution in [1.29, 1.82) is 0 Å². The van der Waals surface area contributed by atoms with Crippen molar-refractivity contribution in [3.05, 3.63) is 35.4 Å². The molecule has 6 heteroatoms. The molecule has 1 saturated heterocycles. The van der Waals surface area contributed by atoms with Gasteiger partial charge in [0, 0.05) is 6.04 Å². The fraction of sp³-hybridized carbons (Fsp3) is 0.625. The standard InChI is InChI=1S/C24H33N3O3/c1-14(2)17-7-9-19(10-8-17)24(4)22(29)27(23(30)26-24)13-21(28)25-15(3)20-12-16-5-6-18(20)11-16/h7-10,14-16,18,20H,5-6,11-13H2,1-4H3,(H,25,28)(H,26,30). The van der Waals surface area contributed by atoms with Crippen molar-refractivity contribution < 1.29 is 14.4 Å².